The summed E-state index contributed by atoms with van der Waals surface area (Å²) in [6, 6.07) is 9.20. The Hall–Kier alpha value is -3.79. The lowest BCUT2D eigenvalue weighted by atomic mass is 10.1. The van der Waals surface area contributed by atoms with Gasteiger partial charge < -0.3 is 18.9 Å². The second-order valence-corrected chi connectivity index (χ2v) is 11.1. The number of piperidine rings is 1. The number of aromatic nitrogens is 5. The van der Waals surface area contributed by atoms with E-state index in [1.54, 1.807) is 23.2 Å². The van der Waals surface area contributed by atoms with Crippen molar-refractivity contribution < 1.29 is 18.7 Å². The number of carbonyl (C=O) groups is 1. The number of alkyl halides is 1. The molecule has 0 N–H and O–H groups in total. The number of likely N-dealkylation sites (tertiary alicyclic amines) is 1. The lowest BCUT2D eigenvalue weighted by Crippen LogP contribution is -2.41. The van der Waals surface area contributed by atoms with Crippen molar-refractivity contribution in [2.24, 2.45) is 0 Å². The van der Waals surface area contributed by atoms with Crippen molar-refractivity contribution >= 4 is 28.7 Å². The van der Waals surface area contributed by atoms with Gasteiger partial charge in [-0.2, -0.15) is 4.98 Å². The van der Waals surface area contributed by atoms with Gasteiger partial charge in [0, 0.05) is 24.8 Å². The number of carbonyl (C=O) groups excluding carboxylic acids is 1. The van der Waals surface area contributed by atoms with E-state index in [9.17, 15) is 9.18 Å². The number of aryl methyl sites for hydroxylation is 1. The van der Waals surface area contributed by atoms with Gasteiger partial charge in [-0.25, -0.2) is 14.4 Å². The zero-order valence-electron chi connectivity index (χ0n) is 22.4. The fourth-order valence-electron chi connectivity index (χ4n) is 4.81. The minimum Gasteiger partial charge on any atom is -0.484 e. The Balaban J connectivity index is 1.31. The number of halogens is 2. The maximum absolute atomic E-state index is 13.4. The van der Waals surface area contributed by atoms with E-state index in [0.29, 0.717) is 71.7 Å². The zero-order valence-corrected chi connectivity index (χ0v) is 23.2. The Morgan fingerprint density at radius 1 is 1.15 bits per heavy atom. The van der Waals surface area contributed by atoms with Crippen LogP contribution in [0.25, 0.3) is 22.6 Å². The average molecular weight is 565 g/mol. The molecule has 9 nitrogen and oxygen atoms in total. The van der Waals surface area contributed by atoms with Crippen LogP contribution in [-0.2, 0) is 11.3 Å². The highest BCUT2D eigenvalue weighted by Gasteiger charge is 2.41. The molecule has 208 valence electrons. The van der Waals surface area contributed by atoms with Gasteiger partial charge in [0.25, 0.3) is 5.91 Å². The number of nitrogens with zero attached hydrogens (tertiary/aromatic N) is 6. The van der Waals surface area contributed by atoms with Crippen molar-refractivity contribution in [1.82, 2.24) is 29.4 Å². The molecule has 6 rings (SSSR count). The molecular weight excluding hydrogens is 535 g/mol. The van der Waals surface area contributed by atoms with Gasteiger partial charge in [0.15, 0.2) is 17.8 Å². The number of hydrogen-bond donors (Lipinski definition) is 0. The topological polar surface area (TPSA) is 95.3 Å². The molecule has 2 fully saturated rings. The van der Waals surface area contributed by atoms with E-state index < -0.39 is 6.17 Å². The summed E-state index contributed by atoms with van der Waals surface area (Å²) < 4.78 is 27.3. The molecule has 1 aliphatic carbocycles. The Morgan fingerprint density at radius 3 is 2.67 bits per heavy atom. The van der Waals surface area contributed by atoms with E-state index in [2.05, 4.69) is 21.9 Å². The standard InChI is InChI=1S/C29H30ClFN6O3/c1-18-5-10-32-20(13-18)15-37-26(35-25-27(37)33-17-34-28(25)40-29(2)8-9-29)22-4-3-21(14-23(22)30)39-16-24(38)36-11-6-19(31)7-12-36/h3-5,10,13-14,17,19H,6-9,11-12,15-16H2,1-2H3. The highest BCUT2D eigenvalue weighted by Crippen LogP contribution is 2.41. The van der Waals surface area contributed by atoms with Gasteiger partial charge in [0.2, 0.25) is 5.88 Å². The summed E-state index contributed by atoms with van der Waals surface area (Å²) in [5.41, 5.74) is 3.55. The van der Waals surface area contributed by atoms with Gasteiger partial charge in [-0.15, -0.1) is 0 Å². The number of amides is 1. The minimum atomic E-state index is -0.840. The molecule has 0 radical (unpaired) electrons. The highest BCUT2D eigenvalue weighted by molar-refractivity contribution is 6.33. The van der Waals surface area contributed by atoms with Crippen LogP contribution >= 0.6 is 11.6 Å². The van der Waals surface area contributed by atoms with Crippen LogP contribution in [0.3, 0.4) is 0 Å². The maximum Gasteiger partial charge on any atom is 0.260 e. The van der Waals surface area contributed by atoms with Crippen LogP contribution in [0.5, 0.6) is 11.6 Å². The summed E-state index contributed by atoms with van der Waals surface area (Å²) >= 11 is 6.77. The first-order valence-corrected chi connectivity index (χ1v) is 13.8. The molecule has 1 saturated heterocycles. The number of rotatable bonds is 8. The summed E-state index contributed by atoms with van der Waals surface area (Å²) in [6.45, 7) is 5.16. The van der Waals surface area contributed by atoms with E-state index in [4.69, 9.17) is 26.1 Å². The Morgan fingerprint density at radius 2 is 1.95 bits per heavy atom. The summed E-state index contributed by atoms with van der Waals surface area (Å²) in [7, 11) is 0. The quantitative estimate of drug-likeness (QED) is 0.291. The zero-order chi connectivity index (χ0) is 27.9. The van der Waals surface area contributed by atoms with Crippen LogP contribution in [0, 0.1) is 6.92 Å². The first-order chi connectivity index (χ1) is 19.3. The van der Waals surface area contributed by atoms with E-state index in [1.165, 1.54) is 6.33 Å². The van der Waals surface area contributed by atoms with Crippen molar-refractivity contribution in [2.45, 2.75) is 57.8 Å². The second-order valence-electron chi connectivity index (χ2n) is 10.7. The van der Waals surface area contributed by atoms with Gasteiger partial charge in [-0.1, -0.05) is 11.6 Å². The molecule has 1 saturated carbocycles. The van der Waals surface area contributed by atoms with Crippen LogP contribution in [-0.4, -0.2) is 66.8 Å². The normalized spacial score (nSPS) is 16.8. The summed E-state index contributed by atoms with van der Waals surface area (Å²) in [4.78, 5) is 32.6. The fraction of sp³-hybridized carbons (Fsp3) is 0.414. The molecule has 4 aromatic rings. The molecular formula is C29H30ClFN6O3. The molecule has 1 aromatic carbocycles. The molecule has 4 heterocycles. The molecule has 1 amide bonds. The SMILES string of the molecule is Cc1ccnc(Cn2c(-c3ccc(OCC(=O)N4CCC(F)CC4)cc3Cl)nc3c(OC4(C)CC4)ncnc32)c1. The van der Waals surface area contributed by atoms with Crippen molar-refractivity contribution in [2.75, 3.05) is 19.7 Å². The highest BCUT2D eigenvalue weighted by atomic mass is 35.5. The van der Waals surface area contributed by atoms with E-state index in [0.717, 1.165) is 24.1 Å². The third-order valence-electron chi connectivity index (χ3n) is 7.41. The third kappa shape index (κ3) is 5.58. The molecule has 0 spiro atoms. The predicted molar refractivity (Wildman–Crippen MR) is 148 cm³/mol. The predicted octanol–water partition coefficient (Wildman–Crippen LogP) is 5.17. The summed E-state index contributed by atoms with van der Waals surface area (Å²) in [5, 5.41) is 0.404. The molecule has 0 unspecified atom stereocenters. The summed E-state index contributed by atoms with van der Waals surface area (Å²) in [6.07, 6.45) is 5.07. The largest absolute Gasteiger partial charge is 0.484 e. The maximum atomic E-state index is 13.4. The van der Waals surface area contributed by atoms with Crippen LogP contribution < -0.4 is 9.47 Å². The van der Waals surface area contributed by atoms with Crippen molar-refractivity contribution in [3.8, 4) is 23.0 Å². The average Bonchev–Trinajstić information content (AvgIpc) is 3.55. The molecule has 1 aliphatic heterocycles. The molecule has 0 atom stereocenters. The Bertz CT molecular complexity index is 1560. The third-order valence-corrected chi connectivity index (χ3v) is 7.72. The lowest BCUT2D eigenvalue weighted by Gasteiger charge is -2.28. The van der Waals surface area contributed by atoms with E-state index in [1.807, 2.05) is 29.7 Å². The summed E-state index contributed by atoms with van der Waals surface area (Å²) in [5.74, 6) is 1.31. The van der Waals surface area contributed by atoms with Crippen molar-refractivity contribution in [3.63, 3.8) is 0 Å². The minimum absolute atomic E-state index is 0.140. The molecule has 40 heavy (non-hydrogen) atoms. The number of pyridine rings is 1. The fourth-order valence-corrected chi connectivity index (χ4v) is 5.06. The Labute approximate surface area is 236 Å². The van der Waals surface area contributed by atoms with Gasteiger partial charge in [0.1, 0.15) is 29.7 Å². The van der Waals surface area contributed by atoms with Crippen LogP contribution in [0.1, 0.15) is 43.9 Å². The van der Waals surface area contributed by atoms with Crippen molar-refractivity contribution in [3.05, 3.63) is 59.1 Å². The van der Waals surface area contributed by atoms with Crippen LogP contribution in [0.4, 0.5) is 4.39 Å². The van der Waals surface area contributed by atoms with E-state index >= 15 is 0 Å². The smallest absolute Gasteiger partial charge is 0.260 e. The number of ether oxygens (including phenoxy) is 2. The lowest BCUT2D eigenvalue weighted by molar-refractivity contribution is -0.134. The monoisotopic (exact) mass is 564 g/mol. The molecule has 0 bridgehead atoms. The molecule has 11 heteroatoms. The molecule has 2 aliphatic rings. The van der Waals surface area contributed by atoms with Crippen LogP contribution in [0.2, 0.25) is 5.02 Å². The molecule has 3 aromatic heterocycles. The number of hydrogen-bond acceptors (Lipinski definition) is 7. The first kappa shape index (κ1) is 26.4. The van der Waals surface area contributed by atoms with Gasteiger partial charge in [-0.3, -0.25) is 9.78 Å². The van der Waals surface area contributed by atoms with Gasteiger partial charge in [-0.05, 0) is 75.4 Å². The number of benzene rings is 1. The van der Waals surface area contributed by atoms with Gasteiger partial charge in [0.05, 0.1) is 17.3 Å². The first-order valence-electron chi connectivity index (χ1n) is 13.4. The number of fused-ring (bicyclic) bond motifs is 1. The van der Waals surface area contributed by atoms with Crippen molar-refractivity contribution in [1.29, 1.82) is 0 Å². The number of imidazole rings is 1. The second kappa shape index (κ2) is 10.6. The van der Waals surface area contributed by atoms with E-state index in [-0.39, 0.29) is 18.1 Å². The van der Waals surface area contributed by atoms with Crippen LogP contribution in [0.15, 0.2) is 42.9 Å². The Kier molecular flexibility index (Phi) is 7.04. The van der Waals surface area contributed by atoms with Gasteiger partial charge >= 0.3 is 0 Å².